The summed E-state index contributed by atoms with van der Waals surface area (Å²) < 4.78 is 45.2. The minimum Gasteiger partial charge on any atom is -0.378 e. The van der Waals surface area contributed by atoms with Gasteiger partial charge in [0, 0.05) is 25.7 Å². The van der Waals surface area contributed by atoms with Crippen LogP contribution in [0.5, 0.6) is 0 Å². The van der Waals surface area contributed by atoms with Crippen LogP contribution < -0.4 is 10.2 Å². The number of halogens is 3. The van der Waals surface area contributed by atoms with Crippen molar-refractivity contribution in [1.82, 2.24) is 0 Å². The van der Waals surface area contributed by atoms with Gasteiger partial charge in [-0.05, 0) is 6.07 Å². The van der Waals surface area contributed by atoms with Crippen molar-refractivity contribution < 1.29 is 22.8 Å². The molecule has 0 bridgehead atoms. The Hall–Kier alpha value is -2.54. The van der Waals surface area contributed by atoms with E-state index in [0.29, 0.717) is 6.07 Å². The van der Waals surface area contributed by atoms with Crippen molar-refractivity contribution in [2.24, 2.45) is 0 Å². The molecule has 0 aromatic heterocycles. The van der Waals surface area contributed by atoms with E-state index in [1.807, 2.05) is 6.07 Å². The van der Waals surface area contributed by atoms with Crippen molar-refractivity contribution in [2.75, 3.05) is 43.1 Å². The lowest BCUT2D eigenvalue weighted by Gasteiger charge is -2.31. The third-order valence-corrected chi connectivity index (χ3v) is 3.52. The topological polar surface area (TPSA) is 91.4 Å². The standard InChI is InChI=1S/C14H15F3N4O3/c15-14(16,17)10-8-13(21(22)23)11(19-3-1-2-18)9-12(10)20-4-6-24-7-5-20/h8-9,19H,1,3-7H2. The molecule has 0 saturated carbocycles. The van der Waals surface area contributed by atoms with Crippen LogP contribution >= 0.6 is 0 Å². The highest BCUT2D eigenvalue weighted by Gasteiger charge is 2.38. The zero-order chi connectivity index (χ0) is 17.7. The number of alkyl halides is 3. The Bertz CT molecular complexity index is 652. The second-order valence-corrected chi connectivity index (χ2v) is 5.08. The molecule has 0 amide bonds. The van der Waals surface area contributed by atoms with Gasteiger partial charge in [-0.25, -0.2) is 0 Å². The molecule has 24 heavy (non-hydrogen) atoms. The fourth-order valence-electron chi connectivity index (χ4n) is 2.42. The number of hydrogen-bond donors (Lipinski definition) is 1. The van der Waals surface area contributed by atoms with Gasteiger partial charge in [-0.1, -0.05) is 0 Å². The quantitative estimate of drug-likeness (QED) is 0.502. The molecule has 1 aliphatic heterocycles. The van der Waals surface area contributed by atoms with Crippen LogP contribution in [0.1, 0.15) is 12.0 Å². The Morgan fingerprint density at radius 3 is 2.58 bits per heavy atom. The molecule has 0 aliphatic carbocycles. The van der Waals surface area contributed by atoms with Crippen molar-refractivity contribution >= 4 is 17.1 Å². The fourth-order valence-corrected chi connectivity index (χ4v) is 2.42. The van der Waals surface area contributed by atoms with Crippen molar-refractivity contribution in [2.45, 2.75) is 12.6 Å². The van der Waals surface area contributed by atoms with E-state index in [2.05, 4.69) is 5.32 Å². The molecule has 1 aromatic carbocycles. The number of nitro groups is 1. The Balaban J connectivity index is 2.50. The Labute approximate surface area is 135 Å². The average Bonchev–Trinajstić information content (AvgIpc) is 2.54. The van der Waals surface area contributed by atoms with Gasteiger partial charge in [0.15, 0.2) is 0 Å². The summed E-state index contributed by atoms with van der Waals surface area (Å²) in [6.07, 6.45) is -4.64. The second-order valence-electron chi connectivity index (χ2n) is 5.08. The SMILES string of the molecule is N#CCCNc1cc(N2CCOCC2)c(C(F)(F)F)cc1[N+](=O)[O-]. The van der Waals surface area contributed by atoms with E-state index in [1.165, 1.54) is 4.90 Å². The lowest BCUT2D eigenvalue weighted by molar-refractivity contribution is -0.384. The molecule has 1 heterocycles. The number of morpholine rings is 1. The van der Waals surface area contributed by atoms with Crippen molar-refractivity contribution in [3.8, 4) is 6.07 Å². The van der Waals surface area contributed by atoms with Gasteiger partial charge in [0.1, 0.15) is 5.69 Å². The summed E-state index contributed by atoms with van der Waals surface area (Å²) in [5, 5.41) is 22.3. The first-order valence-corrected chi connectivity index (χ1v) is 7.17. The van der Waals surface area contributed by atoms with Crippen LogP contribution in [-0.2, 0) is 10.9 Å². The Morgan fingerprint density at radius 2 is 2.04 bits per heavy atom. The molecule has 1 N–H and O–H groups in total. The van der Waals surface area contributed by atoms with Crippen molar-refractivity contribution in [3.63, 3.8) is 0 Å². The number of hydrogen-bond acceptors (Lipinski definition) is 6. The lowest BCUT2D eigenvalue weighted by Crippen LogP contribution is -2.37. The Morgan fingerprint density at radius 1 is 1.38 bits per heavy atom. The minimum absolute atomic E-state index is 0.0373. The number of rotatable bonds is 5. The van der Waals surface area contributed by atoms with Gasteiger partial charge in [-0.2, -0.15) is 18.4 Å². The summed E-state index contributed by atoms with van der Waals surface area (Å²) in [5.41, 5.74) is -1.89. The third kappa shape index (κ3) is 4.05. The monoisotopic (exact) mass is 344 g/mol. The highest BCUT2D eigenvalue weighted by molar-refractivity contribution is 5.73. The largest absolute Gasteiger partial charge is 0.418 e. The van der Waals surface area contributed by atoms with Crippen LogP contribution in [0.2, 0.25) is 0 Å². The number of ether oxygens (including phenoxy) is 1. The molecule has 1 saturated heterocycles. The van der Waals surface area contributed by atoms with E-state index in [9.17, 15) is 23.3 Å². The summed E-state index contributed by atoms with van der Waals surface area (Å²) in [6, 6.07) is 3.53. The summed E-state index contributed by atoms with van der Waals surface area (Å²) in [6.45, 7) is 1.19. The van der Waals surface area contributed by atoms with Gasteiger partial charge >= 0.3 is 6.18 Å². The first-order valence-electron chi connectivity index (χ1n) is 7.17. The highest BCUT2D eigenvalue weighted by Crippen LogP contribution is 2.42. The molecular weight excluding hydrogens is 329 g/mol. The molecule has 2 rings (SSSR count). The van der Waals surface area contributed by atoms with Gasteiger partial charge in [0.2, 0.25) is 0 Å². The molecule has 0 unspecified atom stereocenters. The predicted octanol–water partition coefficient (Wildman–Crippen LogP) is 2.78. The van der Waals surface area contributed by atoms with Crippen LogP contribution in [-0.4, -0.2) is 37.8 Å². The van der Waals surface area contributed by atoms with E-state index in [0.717, 1.165) is 6.07 Å². The summed E-state index contributed by atoms with van der Waals surface area (Å²) in [5.74, 6) is 0. The molecule has 1 aliphatic rings. The summed E-state index contributed by atoms with van der Waals surface area (Å²) in [7, 11) is 0. The van der Waals surface area contributed by atoms with E-state index in [4.69, 9.17) is 10.00 Å². The summed E-state index contributed by atoms with van der Waals surface area (Å²) in [4.78, 5) is 11.7. The molecule has 7 nitrogen and oxygen atoms in total. The maximum Gasteiger partial charge on any atom is 0.418 e. The molecule has 1 aromatic rings. The summed E-state index contributed by atoms with van der Waals surface area (Å²) >= 11 is 0. The van der Waals surface area contributed by atoms with E-state index in [1.54, 1.807) is 0 Å². The smallest absolute Gasteiger partial charge is 0.378 e. The first kappa shape index (κ1) is 17.8. The lowest BCUT2D eigenvalue weighted by atomic mass is 10.1. The normalized spacial score (nSPS) is 15.0. The van der Waals surface area contributed by atoms with E-state index >= 15 is 0 Å². The number of benzene rings is 1. The van der Waals surface area contributed by atoms with Crippen molar-refractivity contribution in [1.29, 1.82) is 5.26 Å². The maximum absolute atomic E-state index is 13.3. The maximum atomic E-state index is 13.3. The van der Waals surface area contributed by atoms with Gasteiger partial charge in [0.25, 0.3) is 5.69 Å². The number of anilines is 2. The van der Waals surface area contributed by atoms with E-state index in [-0.39, 0.29) is 50.6 Å². The minimum atomic E-state index is -4.72. The van der Waals surface area contributed by atoms with Crippen LogP contribution in [0.4, 0.5) is 30.2 Å². The van der Waals surface area contributed by atoms with Crippen LogP contribution in [0.25, 0.3) is 0 Å². The second kappa shape index (κ2) is 7.35. The molecule has 0 spiro atoms. The molecular formula is C14H15F3N4O3. The van der Waals surface area contributed by atoms with E-state index < -0.39 is 22.4 Å². The van der Waals surface area contributed by atoms with Gasteiger partial charge in [-0.3, -0.25) is 10.1 Å². The molecule has 0 atom stereocenters. The number of nitrogens with zero attached hydrogens (tertiary/aromatic N) is 3. The molecule has 1 fully saturated rings. The predicted molar refractivity (Wildman–Crippen MR) is 79.9 cm³/mol. The van der Waals surface area contributed by atoms with Gasteiger partial charge < -0.3 is 15.0 Å². The van der Waals surface area contributed by atoms with Crippen LogP contribution in [0.15, 0.2) is 12.1 Å². The number of nitro benzene ring substituents is 1. The number of nitrogens with one attached hydrogen (secondary N) is 1. The Kier molecular flexibility index (Phi) is 5.46. The average molecular weight is 344 g/mol. The molecule has 10 heteroatoms. The third-order valence-electron chi connectivity index (χ3n) is 3.52. The molecule has 130 valence electrons. The van der Waals surface area contributed by atoms with Crippen LogP contribution in [0.3, 0.4) is 0 Å². The van der Waals surface area contributed by atoms with Gasteiger partial charge in [-0.15, -0.1) is 0 Å². The molecule has 0 radical (unpaired) electrons. The fraction of sp³-hybridized carbons (Fsp3) is 0.500. The first-order chi connectivity index (χ1) is 11.3. The number of nitriles is 1. The van der Waals surface area contributed by atoms with Crippen molar-refractivity contribution in [3.05, 3.63) is 27.8 Å². The highest BCUT2D eigenvalue weighted by atomic mass is 19.4. The van der Waals surface area contributed by atoms with Gasteiger partial charge in [0.05, 0.1) is 41.9 Å². The zero-order valence-corrected chi connectivity index (χ0v) is 12.6. The van der Waals surface area contributed by atoms with Crippen LogP contribution in [0, 0.1) is 21.4 Å². The zero-order valence-electron chi connectivity index (χ0n) is 12.6.